The minimum absolute atomic E-state index is 0.0633. The molecule has 0 heterocycles. The van der Waals surface area contributed by atoms with Gasteiger partial charge in [0.15, 0.2) is 6.10 Å². The van der Waals surface area contributed by atoms with Crippen molar-refractivity contribution in [2.45, 2.75) is 271 Å². The summed E-state index contributed by atoms with van der Waals surface area (Å²) < 4.78 is 16.6. The number of hydrogen-bond donors (Lipinski definition) is 0. The quantitative estimate of drug-likeness (QED) is 0.0351. The van der Waals surface area contributed by atoms with Gasteiger partial charge >= 0.3 is 17.9 Å². The summed E-state index contributed by atoms with van der Waals surface area (Å²) in [5, 5.41) is 0. The highest BCUT2D eigenvalue weighted by Gasteiger charge is 2.19. The molecular formula is C47H90O6. The summed E-state index contributed by atoms with van der Waals surface area (Å²) in [6.45, 7) is 6.60. The van der Waals surface area contributed by atoms with Crippen molar-refractivity contribution in [1.29, 1.82) is 0 Å². The van der Waals surface area contributed by atoms with Crippen molar-refractivity contribution in [3.8, 4) is 0 Å². The van der Waals surface area contributed by atoms with Gasteiger partial charge in [-0.15, -0.1) is 0 Å². The van der Waals surface area contributed by atoms with E-state index in [1.165, 1.54) is 167 Å². The minimum atomic E-state index is -0.756. The third kappa shape index (κ3) is 41.4. The maximum atomic E-state index is 12.6. The zero-order chi connectivity index (χ0) is 38.7. The Hall–Kier alpha value is -1.59. The molecule has 0 aromatic heterocycles. The van der Waals surface area contributed by atoms with E-state index in [1.807, 2.05) is 0 Å². The molecule has 0 aliphatic carbocycles. The molecule has 0 aliphatic heterocycles. The second kappa shape index (κ2) is 43.1. The maximum absolute atomic E-state index is 12.6. The fourth-order valence-corrected chi connectivity index (χ4v) is 7.03. The average Bonchev–Trinajstić information content (AvgIpc) is 3.15. The second-order valence-electron chi connectivity index (χ2n) is 16.0. The van der Waals surface area contributed by atoms with Crippen LogP contribution in [-0.4, -0.2) is 37.2 Å². The first-order chi connectivity index (χ1) is 26.0. The number of ether oxygens (including phenoxy) is 3. The summed E-state index contributed by atoms with van der Waals surface area (Å²) in [6, 6.07) is 0. The largest absolute Gasteiger partial charge is 0.462 e. The Labute approximate surface area is 329 Å². The van der Waals surface area contributed by atoms with Gasteiger partial charge in [0.2, 0.25) is 0 Å². The van der Waals surface area contributed by atoms with Crippen molar-refractivity contribution in [2.75, 3.05) is 13.2 Å². The van der Waals surface area contributed by atoms with Gasteiger partial charge in [0.05, 0.1) is 0 Å². The molecule has 0 saturated carbocycles. The summed E-state index contributed by atoms with van der Waals surface area (Å²) in [7, 11) is 0. The highest BCUT2D eigenvalue weighted by molar-refractivity contribution is 5.71. The number of carbonyl (C=O) groups excluding carboxylic acids is 3. The molecular weight excluding hydrogens is 661 g/mol. The fraction of sp³-hybridized carbons (Fsp3) is 0.936. The molecule has 1 atom stereocenters. The van der Waals surface area contributed by atoms with Crippen LogP contribution in [0, 0.1) is 0 Å². The van der Waals surface area contributed by atoms with Crippen LogP contribution in [0.1, 0.15) is 265 Å². The van der Waals surface area contributed by atoms with Crippen LogP contribution in [0.5, 0.6) is 0 Å². The van der Waals surface area contributed by atoms with Gasteiger partial charge in [0.1, 0.15) is 13.2 Å². The summed E-state index contributed by atoms with van der Waals surface area (Å²) in [6.07, 6.45) is 43.9. The Balaban J connectivity index is 4.12. The van der Waals surface area contributed by atoms with Gasteiger partial charge in [-0.2, -0.15) is 0 Å². The third-order valence-electron chi connectivity index (χ3n) is 10.6. The molecule has 0 amide bonds. The van der Waals surface area contributed by atoms with Crippen LogP contribution in [0.25, 0.3) is 0 Å². The van der Waals surface area contributed by atoms with Gasteiger partial charge < -0.3 is 14.2 Å². The lowest BCUT2D eigenvalue weighted by molar-refractivity contribution is -0.167. The molecule has 0 saturated heterocycles. The molecule has 0 N–H and O–H groups in total. The van der Waals surface area contributed by atoms with Crippen molar-refractivity contribution >= 4 is 17.9 Å². The molecule has 6 heteroatoms. The van der Waals surface area contributed by atoms with Gasteiger partial charge in [-0.25, -0.2) is 0 Å². The van der Waals surface area contributed by atoms with Crippen LogP contribution in [-0.2, 0) is 28.6 Å². The van der Waals surface area contributed by atoms with Crippen molar-refractivity contribution in [1.82, 2.24) is 0 Å². The first-order valence-corrected chi connectivity index (χ1v) is 23.5. The van der Waals surface area contributed by atoms with Crippen LogP contribution in [0.15, 0.2) is 0 Å². The highest BCUT2D eigenvalue weighted by Crippen LogP contribution is 2.16. The molecule has 314 valence electrons. The standard InChI is InChI=1S/C47H90O6/c1-4-7-10-13-16-18-19-20-21-22-23-24-25-26-27-29-31-34-37-40-46(49)52-43-44(42-51-45(48)39-36-33-30-15-12-9-6-3)53-47(50)41-38-35-32-28-17-14-11-8-5-2/h44H,4-43H2,1-3H3/t44-/m1/s1. The maximum Gasteiger partial charge on any atom is 0.306 e. The third-order valence-corrected chi connectivity index (χ3v) is 10.6. The van der Waals surface area contributed by atoms with E-state index in [1.54, 1.807) is 0 Å². The minimum Gasteiger partial charge on any atom is -0.462 e. The highest BCUT2D eigenvalue weighted by atomic mass is 16.6. The summed E-state index contributed by atoms with van der Waals surface area (Å²) >= 11 is 0. The predicted molar refractivity (Wildman–Crippen MR) is 224 cm³/mol. The molecule has 0 aliphatic rings. The normalized spacial score (nSPS) is 11.8. The van der Waals surface area contributed by atoms with Crippen LogP contribution in [0.3, 0.4) is 0 Å². The monoisotopic (exact) mass is 751 g/mol. The molecule has 0 unspecified atom stereocenters. The molecule has 0 fully saturated rings. The van der Waals surface area contributed by atoms with Crippen LogP contribution in [0.4, 0.5) is 0 Å². The number of hydrogen-bond acceptors (Lipinski definition) is 6. The topological polar surface area (TPSA) is 78.9 Å². The lowest BCUT2D eigenvalue weighted by Gasteiger charge is -2.18. The van der Waals surface area contributed by atoms with Gasteiger partial charge in [-0.3, -0.25) is 14.4 Å². The fourth-order valence-electron chi connectivity index (χ4n) is 7.03. The first kappa shape index (κ1) is 51.4. The van der Waals surface area contributed by atoms with E-state index < -0.39 is 6.10 Å². The summed E-state index contributed by atoms with van der Waals surface area (Å²) in [5.41, 5.74) is 0. The van der Waals surface area contributed by atoms with Gasteiger partial charge in [0.25, 0.3) is 0 Å². The Kier molecular flexibility index (Phi) is 41.8. The van der Waals surface area contributed by atoms with E-state index in [2.05, 4.69) is 20.8 Å². The van der Waals surface area contributed by atoms with Crippen molar-refractivity contribution < 1.29 is 28.6 Å². The predicted octanol–water partition coefficient (Wildman–Crippen LogP) is 14.9. The number of rotatable bonds is 43. The van der Waals surface area contributed by atoms with Crippen molar-refractivity contribution in [2.24, 2.45) is 0 Å². The zero-order valence-corrected chi connectivity index (χ0v) is 35.8. The van der Waals surface area contributed by atoms with E-state index in [0.29, 0.717) is 19.3 Å². The lowest BCUT2D eigenvalue weighted by Crippen LogP contribution is -2.30. The van der Waals surface area contributed by atoms with Crippen molar-refractivity contribution in [3.05, 3.63) is 0 Å². The lowest BCUT2D eigenvalue weighted by atomic mass is 10.0. The first-order valence-electron chi connectivity index (χ1n) is 23.5. The molecule has 53 heavy (non-hydrogen) atoms. The molecule has 0 aromatic rings. The molecule has 0 aromatic carbocycles. The summed E-state index contributed by atoms with van der Waals surface area (Å²) in [5.74, 6) is -0.860. The van der Waals surface area contributed by atoms with E-state index in [0.717, 1.165) is 57.8 Å². The molecule has 6 nitrogen and oxygen atoms in total. The smallest absolute Gasteiger partial charge is 0.306 e. The van der Waals surface area contributed by atoms with E-state index in [-0.39, 0.29) is 31.1 Å². The molecule has 0 rings (SSSR count). The van der Waals surface area contributed by atoms with Gasteiger partial charge in [-0.05, 0) is 19.3 Å². The van der Waals surface area contributed by atoms with E-state index in [4.69, 9.17) is 14.2 Å². The Bertz CT molecular complexity index is 783. The summed E-state index contributed by atoms with van der Waals surface area (Å²) in [4.78, 5) is 37.5. The van der Waals surface area contributed by atoms with Crippen LogP contribution >= 0.6 is 0 Å². The van der Waals surface area contributed by atoms with Gasteiger partial charge in [-0.1, -0.05) is 226 Å². The Morgan fingerprint density at radius 1 is 0.302 bits per heavy atom. The van der Waals surface area contributed by atoms with E-state index >= 15 is 0 Å². The van der Waals surface area contributed by atoms with E-state index in [9.17, 15) is 14.4 Å². The SMILES string of the molecule is CCCCCCCCCCCCCCCCCCCCCC(=O)OC[C@@H](COC(=O)CCCCCCCCC)OC(=O)CCCCCCCCCCC. The van der Waals surface area contributed by atoms with Crippen LogP contribution < -0.4 is 0 Å². The number of unbranched alkanes of at least 4 members (excludes halogenated alkanes) is 32. The molecule has 0 radical (unpaired) electrons. The molecule has 0 spiro atoms. The van der Waals surface area contributed by atoms with Gasteiger partial charge in [0, 0.05) is 19.3 Å². The Morgan fingerprint density at radius 3 is 0.755 bits per heavy atom. The number of carbonyl (C=O) groups is 3. The average molecular weight is 751 g/mol. The van der Waals surface area contributed by atoms with Crippen molar-refractivity contribution in [3.63, 3.8) is 0 Å². The van der Waals surface area contributed by atoms with Crippen LogP contribution in [0.2, 0.25) is 0 Å². The Morgan fingerprint density at radius 2 is 0.509 bits per heavy atom. The zero-order valence-electron chi connectivity index (χ0n) is 35.8. The second-order valence-corrected chi connectivity index (χ2v) is 16.0. The molecule has 0 bridgehead atoms. The number of esters is 3.